The van der Waals surface area contributed by atoms with Crippen molar-refractivity contribution in [2.24, 2.45) is 0 Å². The molecule has 1 aromatic rings. The highest BCUT2D eigenvalue weighted by atomic mass is 15.4. The molecule has 0 unspecified atom stereocenters. The monoisotopic (exact) mass is 180 g/mol. The van der Waals surface area contributed by atoms with E-state index in [1.54, 1.807) is 0 Å². The molecule has 0 atom stereocenters. The molecule has 0 aromatic carbocycles. The van der Waals surface area contributed by atoms with E-state index in [9.17, 15) is 0 Å². The second kappa shape index (κ2) is 2.65. The standard InChI is InChI=1S/C9H16N4/c1-5(2)9-12-7(6-3-4-6)8(10)13(9)11/h5-6H,3-4,10-11H2,1-2H3. The molecule has 4 N–H and O–H groups in total. The number of nitrogen functional groups attached to an aromatic ring is 2. The van der Waals surface area contributed by atoms with Gasteiger partial charge in [-0.05, 0) is 12.8 Å². The van der Waals surface area contributed by atoms with Crippen LogP contribution < -0.4 is 11.6 Å². The van der Waals surface area contributed by atoms with Crippen LogP contribution in [0, 0.1) is 0 Å². The maximum absolute atomic E-state index is 5.86. The molecule has 0 saturated heterocycles. The highest BCUT2D eigenvalue weighted by Gasteiger charge is 2.30. The van der Waals surface area contributed by atoms with Crippen LogP contribution in [-0.2, 0) is 0 Å². The maximum Gasteiger partial charge on any atom is 0.146 e. The van der Waals surface area contributed by atoms with Crippen LogP contribution >= 0.6 is 0 Å². The lowest BCUT2D eigenvalue weighted by atomic mass is 10.2. The first-order valence-electron chi connectivity index (χ1n) is 4.74. The number of anilines is 1. The Bertz CT molecular complexity index is 300. The van der Waals surface area contributed by atoms with Gasteiger partial charge in [0.2, 0.25) is 0 Å². The van der Waals surface area contributed by atoms with Gasteiger partial charge in [0.25, 0.3) is 0 Å². The Balaban J connectivity index is 2.42. The van der Waals surface area contributed by atoms with Crippen LogP contribution in [0.2, 0.25) is 0 Å². The lowest BCUT2D eigenvalue weighted by Gasteiger charge is -2.04. The van der Waals surface area contributed by atoms with Crippen molar-refractivity contribution in [1.82, 2.24) is 9.66 Å². The minimum absolute atomic E-state index is 0.333. The molecule has 1 aliphatic rings. The molecule has 0 aliphatic heterocycles. The average Bonchev–Trinajstić information content (AvgIpc) is 2.83. The molecular formula is C9H16N4. The highest BCUT2D eigenvalue weighted by Crippen LogP contribution is 2.42. The molecular weight excluding hydrogens is 164 g/mol. The highest BCUT2D eigenvalue weighted by molar-refractivity contribution is 5.43. The van der Waals surface area contributed by atoms with Crippen molar-refractivity contribution >= 4 is 5.82 Å². The first-order chi connectivity index (χ1) is 6.11. The van der Waals surface area contributed by atoms with Gasteiger partial charge >= 0.3 is 0 Å². The average molecular weight is 180 g/mol. The van der Waals surface area contributed by atoms with E-state index in [2.05, 4.69) is 18.8 Å². The summed E-state index contributed by atoms with van der Waals surface area (Å²) in [6, 6.07) is 0. The lowest BCUT2D eigenvalue weighted by molar-refractivity contribution is 0.737. The molecule has 0 bridgehead atoms. The Hall–Kier alpha value is -1.19. The Labute approximate surface area is 77.9 Å². The molecule has 4 nitrogen and oxygen atoms in total. The summed E-state index contributed by atoms with van der Waals surface area (Å²) in [5, 5.41) is 0. The Kier molecular flexibility index (Phi) is 1.71. The summed E-state index contributed by atoms with van der Waals surface area (Å²) in [6.45, 7) is 4.14. The van der Waals surface area contributed by atoms with Crippen molar-refractivity contribution < 1.29 is 0 Å². The van der Waals surface area contributed by atoms with Crippen molar-refractivity contribution in [3.63, 3.8) is 0 Å². The summed E-state index contributed by atoms with van der Waals surface area (Å²) in [7, 11) is 0. The van der Waals surface area contributed by atoms with Crippen molar-refractivity contribution in [3.05, 3.63) is 11.5 Å². The minimum Gasteiger partial charge on any atom is -0.382 e. The Morgan fingerprint density at radius 1 is 1.46 bits per heavy atom. The SMILES string of the molecule is CC(C)c1nc(C2CC2)c(N)n1N. The van der Waals surface area contributed by atoms with Gasteiger partial charge in [-0.3, -0.25) is 0 Å². The summed E-state index contributed by atoms with van der Waals surface area (Å²) in [6.07, 6.45) is 2.41. The molecule has 1 aromatic heterocycles. The van der Waals surface area contributed by atoms with Crippen LogP contribution in [-0.4, -0.2) is 9.66 Å². The quantitative estimate of drug-likeness (QED) is 0.671. The zero-order chi connectivity index (χ0) is 9.59. The van der Waals surface area contributed by atoms with E-state index in [0.717, 1.165) is 11.5 Å². The lowest BCUT2D eigenvalue weighted by Crippen LogP contribution is -2.16. The summed E-state index contributed by atoms with van der Waals surface area (Å²) >= 11 is 0. The number of hydrogen-bond donors (Lipinski definition) is 2. The first-order valence-corrected chi connectivity index (χ1v) is 4.74. The van der Waals surface area contributed by atoms with Gasteiger partial charge in [-0.2, -0.15) is 0 Å². The summed E-state index contributed by atoms with van der Waals surface area (Å²) in [5.74, 6) is 8.24. The van der Waals surface area contributed by atoms with Crippen LogP contribution in [0.1, 0.15) is 50.0 Å². The summed E-state index contributed by atoms with van der Waals surface area (Å²) < 4.78 is 1.53. The zero-order valence-corrected chi connectivity index (χ0v) is 8.12. The van der Waals surface area contributed by atoms with Crippen LogP contribution in [0.25, 0.3) is 0 Å². The second-order valence-corrected chi connectivity index (χ2v) is 4.04. The summed E-state index contributed by atoms with van der Waals surface area (Å²) in [5.41, 5.74) is 6.86. The third-order valence-corrected chi connectivity index (χ3v) is 2.48. The van der Waals surface area contributed by atoms with Crippen molar-refractivity contribution in [2.75, 3.05) is 11.6 Å². The van der Waals surface area contributed by atoms with Crippen molar-refractivity contribution in [3.8, 4) is 0 Å². The number of nitrogens with zero attached hydrogens (tertiary/aromatic N) is 2. The van der Waals surface area contributed by atoms with Gasteiger partial charge in [0.15, 0.2) is 0 Å². The van der Waals surface area contributed by atoms with Gasteiger partial charge in [-0.15, -0.1) is 0 Å². The van der Waals surface area contributed by atoms with E-state index in [1.165, 1.54) is 17.5 Å². The topological polar surface area (TPSA) is 69.9 Å². The molecule has 2 rings (SSSR count). The third-order valence-electron chi connectivity index (χ3n) is 2.48. The van der Waals surface area contributed by atoms with Gasteiger partial charge in [-0.25, -0.2) is 9.66 Å². The number of hydrogen-bond acceptors (Lipinski definition) is 3. The molecule has 1 saturated carbocycles. The second-order valence-electron chi connectivity index (χ2n) is 4.04. The van der Waals surface area contributed by atoms with Crippen LogP contribution in [0.4, 0.5) is 5.82 Å². The van der Waals surface area contributed by atoms with Gasteiger partial charge in [0.1, 0.15) is 11.6 Å². The number of aromatic nitrogens is 2. The largest absolute Gasteiger partial charge is 0.382 e. The molecule has 4 heteroatoms. The van der Waals surface area contributed by atoms with E-state index < -0.39 is 0 Å². The fourth-order valence-electron chi connectivity index (χ4n) is 1.55. The predicted octanol–water partition coefficient (Wildman–Crippen LogP) is 1.18. The molecule has 72 valence electrons. The Morgan fingerprint density at radius 3 is 2.46 bits per heavy atom. The number of nitrogens with two attached hydrogens (primary N) is 2. The van der Waals surface area contributed by atoms with Gasteiger partial charge in [-0.1, -0.05) is 13.8 Å². The molecule has 0 amide bonds. The molecule has 0 spiro atoms. The van der Waals surface area contributed by atoms with Gasteiger partial charge in [0, 0.05) is 11.8 Å². The van der Waals surface area contributed by atoms with E-state index >= 15 is 0 Å². The molecule has 1 fully saturated rings. The smallest absolute Gasteiger partial charge is 0.146 e. The molecule has 1 aliphatic carbocycles. The Morgan fingerprint density at radius 2 is 2.08 bits per heavy atom. The predicted molar refractivity (Wildman–Crippen MR) is 52.9 cm³/mol. The third kappa shape index (κ3) is 1.26. The van der Waals surface area contributed by atoms with Crippen LogP contribution in [0.15, 0.2) is 0 Å². The van der Waals surface area contributed by atoms with Gasteiger partial charge < -0.3 is 11.6 Å². The summed E-state index contributed by atoms with van der Waals surface area (Å²) in [4.78, 5) is 4.48. The maximum atomic E-state index is 5.86. The van der Waals surface area contributed by atoms with Crippen LogP contribution in [0.3, 0.4) is 0 Å². The number of rotatable bonds is 2. The van der Waals surface area contributed by atoms with E-state index in [4.69, 9.17) is 11.6 Å². The molecule has 1 heterocycles. The molecule has 13 heavy (non-hydrogen) atoms. The first kappa shape index (κ1) is 8.41. The fourth-order valence-corrected chi connectivity index (χ4v) is 1.55. The van der Waals surface area contributed by atoms with Crippen LogP contribution in [0.5, 0.6) is 0 Å². The van der Waals surface area contributed by atoms with E-state index in [-0.39, 0.29) is 0 Å². The van der Waals surface area contributed by atoms with Crippen molar-refractivity contribution in [2.45, 2.75) is 38.5 Å². The zero-order valence-electron chi connectivity index (χ0n) is 8.12. The van der Waals surface area contributed by atoms with Gasteiger partial charge in [0.05, 0.1) is 5.69 Å². The van der Waals surface area contributed by atoms with E-state index in [1.807, 2.05) is 0 Å². The normalized spacial score (nSPS) is 16.8. The molecule has 0 radical (unpaired) electrons. The number of imidazole rings is 1. The van der Waals surface area contributed by atoms with Crippen molar-refractivity contribution in [1.29, 1.82) is 0 Å². The fraction of sp³-hybridized carbons (Fsp3) is 0.667. The van der Waals surface area contributed by atoms with E-state index in [0.29, 0.717) is 17.7 Å². The minimum atomic E-state index is 0.333.